The zero-order chi connectivity index (χ0) is 40.4. The van der Waals surface area contributed by atoms with Crippen LogP contribution in [0.5, 0.6) is 5.75 Å². The van der Waals surface area contributed by atoms with Crippen LogP contribution in [0.1, 0.15) is 68.8 Å². The number of alkyl carbamates (subject to hydrolysis) is 1. The first-order valence-corrected chi connectivity index (χ1v) is 21.1. The molecule has 9 atom stereocenters. The van der Waals surface area contributed by atoms with Gasteiger partial charge in [-0.15, -0.1) is 0 Å². The fourth-order valence-electron chi connectivity index (χ4n) is 13.5. The molecule has 0 radical (unpaired) electrons. The molecule has 1 aliphatic carbocycles. The molecule has 306 valence electrons. The van der Waals surface area contributed by atoms with Crippen LogP contribution in [0.3, 0.4) is 0 Å². The van der Waals surface area contributed by atoms with E-state index in [2.05, 4.69) is 94.5 Å². The van der Waals surface area contributed by atoms with E-state index in [9.17, 15) is 9.59 Å². The number of amides is 1. The lowest BCUT2D eigenvalue weighted by Crippen LogP contribution is -2.80. The number of benzene rings is 2. The third-order valence-corrected chi connectivity index (χ3v) is 15.4. The van der Waals surface area contributed by atoms with E-state index in [4.69, 9.17) is 18.9 Å². The Balaban J connectivity index is 1.28. The van der Waals surface area contributed by atoms with Crippen molar-refractivity contribution in [3.05, 3.63) is 82.6 Å². The van der Waals surface area contributed by atoms with E-state index >= 15 is 4.79 Å². The fourth-order valence-corrected chi connectivity index (χ4v) is 13.5. The molecule has 7 aliphatic rings. The smallest absolute Gasteiger partial charge is 0.408 e. The Labute approximate surface area is 339 Å². The zero-order valence-electron chi connectivity index (χ0n) is 34.5. The summed E-state index contributed by atoms with van der Waals surface area (Å²) in [5.41, 5.74) is 3.41. The standard InChI is InChI=1S/C46H55N5O7/c1-7-28-20-29-23-45(41(53)56-6,37-31(14-18-50(24-28)25-29)30-12-9-10-13-34(30)48-37)33-21-32-35(22-36(33)55-5)49(4)39-44(32)16-19-51-17-11-15-43(8-2,38(44)51)40(57-27(3)52)46(39)26-47-42(54)58-46/h9-13,15,20-22,29,38-40,48H,7-8,14,16-19,23-26H2,1-6H3,(H,47,54)/t29-,38-,39+,40+,43+,44+,45-,46-/m0/s1. The van der Waals surface area contributed by atoms with Gasteiger partial charge in [-0.1, -0.05) is 55.8 Å². The van der Waals surface area contributed by atoms with Crippen LogP contribution in [-0.4, -0.2) is 117 Å². The Morgan fingerprint density at radius 2 is 1.90 bits per heavy atom. The number of carbonyl (C=O) groups is 3. The van der Waals surface area contributed by atoms with E-state index in [0.29, 0.717) is 18.6 Å². The van der Waals surface area contributed by atoms with Gasteiger partial charge in [-0.3, -0.25) is 19.4 Å². The van der Waals surface area contributed by atoms with E-state index in [-0.39, 0.29) is 24.5 Å². The number of hydrogen-bond donors (Lipinski definition) is 2. The van der Waals surface area contributed by atoms with Crippen molar-refractivity contribution in [2.75, 3.05) is 65.4 Å². The minimum absolute atomic E-state index is 0.0660. The van der Waals surface area contributed by atoms with Crippen molar-refractivity contribution in [2.24, 2.45) is 11.3 Å². The van der Waals surface area contributed by atoms with Crippen LogP contribution in [0.15, 0.2) is 60.2 Å². The van der Waals surface area contributed by atoms with Crippen molar-refractivity contribution in [1.29, 1.82) is 0 Å². The highest BCUT2D eigenvalue weighted by Gasteiger charge is 2.80. The first kappa shape index (κ1) is 37.5. The lowest BCUT2D eigenvalue weighted by atomic mass is 9.47. The van der Waals surface area contributed by atoms with Gasteiger partial charge < -0.3 is 34.1 Å². The van der Waals surface area contributed by atoms with Gasteiger partial charge in [-0.05, 0) is 67.8 Å². The second-order valence-corrected chi connectivity index (χ2v) is 17.9. The third-order valence-electron chi connectivity index (χ3n) is 15.4. The summed E-state index contributed by atoms with van der Waals surface area (Å²) in [6, 6.07) is 12.2. The second kappa shape index (κ2) is 13.1. The van der Waals surface area contributed by atoms with Gasteiger partial charge in [-0.2, -0.15) is 0 Å². The number of esters is 2. The van der Waals surface area contributed by atoms with Crippen molar-refractivity contribution in [1.82, 2.24) is 20.1 Å². The van der Waals surface area contributed by atoms with Crippen LogP contribution >= 0.6 is 0 Å². The van der Waals surface area contributed by atoms with E-state index in [0.717, 1.165) is 91.0 Å². The van der Waals surface area contributed by atoms with Crippen molar-refractivity contribution < 1.29 is 33.3 Å². The van der Waals surface area contributed by atoms with Gasteiger partial charge in [0.2, 0.25) is 0 Å². The summed E-state index contributed by atoms with van der Waals surface area (Å²) < 4.78 is 25.5. The summed E-state index contributed by atoms with van der Waals surface area (Å²) >= 11 is 0. The Morgan fingerprint density at radius 1 is 1.07 bits per heavy atom. The molecule has 12 nitrogen and oxygen atoms in total. The normalized spacial score (nSPS) is 35.8. The van der Waals surface area contributed by atoms with Gasteiger partial charge >= 0.3 is 18.0 Å². The van der Waals surface area contributed by atoms with Crippen molar-refractivity contribution in [3.63, 3.8) is 0 Å². The Morgan fingerprint density at radius 3 is 2.62 bits per heavy atom. The summed E-state index contributed by atoms with van der Waals surface area (Å²) in [7, 11) is 5.25. The molecular formula is C46H55N5O7. The van der Waals surface area contributed by atoms with Crippen molar-refractivity contribution in [2.45, 2.75) is 87.5 Å². The summed E-state index contributed by atoms with van der Waals surface area (Å²) in [4.78, 5) is 53.0. The van der Waals surface area contributed by atoms with Gasteiger partial charge in [0.15, 0.2) is 11.7 Å². The number of rotatable bonds is 6. The van der Waals surface area contributed by atoms with Crippen molar-refractivity contribution >= 4 is 34.6 Å². The predicted molar refractivity (Wildman–Crippen MR) is 219 cm³/mol. The van der Waals surface area contributed by atoms with Gasteiger partial charge in [0.25, 0.3) is 0 Å². The third kappa shape index (κ3) is 4.73. The van der Waals surface area contributed by atoms with Crippen LogP contribution < -0.4 is 15.0 Å². The number of hydrogen-bond acceptors (Lipinski definition) is 10. The molecule has 2 bridgehead atoms. The number of fused-ring (bicyclic) bond motifs is 7. The van der Waals surface area contributed by atoms with Gasteiger partial charge in [-0.25, -0.2) is 4.79 Å². The Kier molecular flexibility index (Phi) is 8.46. The molecule has 1 amide bonds. The number of likely N-dealkylation sites (N-methyl/N-ethyl adjacent to an activating group) is 1. The molecule has 58 heavy (non-hydrogen) atoms. The molecule has 2 N–H and O–H groups in total. The molecule has 6 aliphatic heterocycles. The van der Waals surface area contributed by atoms with Crippen LogP contribution in [0, 0.1) is 11.3 Å². The van der Waals surface area contributed by atoms with E-state index < -0.39 is 46.1 Å². The highest BCUT2D eigenvalue weighted by molar-refractivity contribution is 5.94. The number of nitrogens with one attached hydrogen (secondary N) is 2. The minimum Gasteiger partial charge on any atom is -0.496 e. The Bertz CT molecular complexity index is 2300. The fraction of sp³-hybridized carbons (Fsp3) is 0.543. The maximum atomic E-state index is 15.3. The number of H-pyrrole nitrogens is 1. The van der Waals surface area contributed by atoms with Crippen molar-refractivity contribution in [3.8, 4) is 5.75 Å². The average Bonchev–Trinajstić information content (AvgIpc) is 3.99. The Hall–Kier alpha value is -4.81. The molecule has 12 heteroatoms. The molecule has 10 rings (SSSR count). The molecule has 2 spiro atoms. The predicted octanol–water partition coefficient (Wildman–Crippen LogP) is 5.37. The summed E-state index contributed by atoms with van der Waals surface area (Å²) in [6.07, 6.45) is 9.23. The number of aromatic nitrogens is 1. The number of nitrogens with zero attached hydrogens (tertiary/aromatic N) is 3. The average molecular weight is 790 g/mol. The maximum Gasteiger partial charge on any atom is 0.408 e. The lowest BCUT2D eigenvalue weighted by molar-refractivity contribution is -0.207. The number of aromatic amines is 1. The van der Waals surface area contributed by atoms with Crippen LogP contribution in [0.4, 0.5) is 10.5 Å². The van der Waals surface area contributed by atoms with Crippen LogP contribution in [0.25, 0.3) is 10.9 Å². The number of para-hydroxylation sites is 1. The van der Waals surface area contributed by atoms with Crippen LogP contribution in [-0.2, 0) is 41.1 Å². The number of ether oxygens (including phenoxy) is 4. The molecule has 3 fully saturated rings. The molecule has 7 heterocycles. The van der Waals surface area contributed by atoms with Crippen LogP contribution in [0.2, 0.25) is 0 Å². The first-order valence-electron chi connectivity index (χ1n) is 21.1. The minimum atomic E-state index is -1.27. The maximum absolute atomic E-state index is 15.3. The topological polar surface area (TPSA) is 126 Å². The molecule has 1 saturated carbocycles. The quantitative estimate of drug-likeness (QED) is 0.191. The number of methoxy groups -OCH3 is 2. The number of anilines is 1. The highest BCUT2D eigenvalue weighted by Crippen LogP contribution is 2.69. The lowest BCUT2D eigenvalue weighted by Gasteiger charge is -2.64. The van der Waals surface area contributed by atoms with Gasteiger partial charge in [0.05, 0.1) is 26.8 Å². The first-order chi connectivity index (χ1) is 28.0. The molecule has 1 aromatic heterocycles. The molecule has 2 aromatic carbocycles. The molecule has 3 aromatic rings. The van der Waals surface area contributed by atoms with Gasteiger partial charge in [0.1, 0.15) is 11.2 Å². The summed E-state index contributed by atoms with van der Waals surface area (Å²) in [6.45, 7) is 10.2. The molecule has 1 unspecified atom stereocenters. The summed E-state index contributed by atoms with van der Waals surface area (Å²) in [5, 5.41) is 4.12. The van der Waals surface area contributed by atoms with E-state index in [1.165, 1.54) is 19.6 Å². The zero-order valence-corrected chi connectivity index (χ0v) is 34.5. The van der Waals surface area contributed by atoms with Gasteiger partial charge in [0, 0.05) is 90.9 Å². The largest absolute Gasteiger partial charge is 0.496 e. The highest BCUT2D eigenvalue weighted by atomic mass is 16.6. The van der Waals surface area contributed by atoms with E-state index in [1.807, 2.05) is 6.07 Å². The SMILES string of the molecule is CCC1=C[C@@H]2CN(CCc3c([nH]c4ccccc34)[C@@](C(=O)OC)(c3cc4c(cc3OC)N(C)[C@H]3[C@@]5(CNC(=O)O5)[C@H](OC(C)=O)[C@]5(CC)C=CCN6CC[C@]43[C@@H]65)C2)C1. The molecular weight excluding hydrogens is 735 g/mol. The second-order valence-electron chi connectivity index (χ2n) is 17.9. The monoisotopic (exact) mass is 789 g/mol. The summed E-state index contributed by atoms with van der Waals surface area (Å²) in [5.74, 6) is -0.0787. The number of carbonyl (C=O) groups excluding carboxylic acids is 3. The molecule has 2 saturated heterocycles. The van der Waals surface area contributed by atoms with E-state index in [1.54, 1.807) is 7.11 Å².